The molecule has 0 bridgehead atoms. The molecule has 1 aromatic carbocycles. The fraction of sp³-hybridized carbons (Fsp3) is 0.529. The van der Waals surface area contributed by atoms with E-state index in [2.05, 4.69) is 5.32 Å². The summed E-state index contributed by atoms with van der Waals surface area (Å²) in [5.41, 5.74) is 0.644. The normalized spacial score (nSPS) is 26.2. The summed E-state index contributed by atoms with van der Waals surface area (Å²) in [6, 6.07) is 5.60. The van der Waals surface area contributed by atoms with Crippen molar-refractivity contribution in [2.75, 3.05) is 26.2 Å². The van der Waals surface area contributed by atoms with Gasteiger partial charge in [0.2, 0.25) is 5.91 Å². The molecule has 0 aromatic heterocycles. The molecule has 7 heteroatoms. The van der Waals surface area contributed by atoms with E-state index in [1.54, 1.807) is 0 Å². The summed E-state index contributed by atoms with van der Waals surface area (Å²) in [6.45, 7) is 3.79. The number of hydrogen-bond donors (Lipinski definition) is 3. The minimum absolute atomic E-state index is 0.118. The number of ether oxygens (including phenoxy) is 1. The molecule has 1 amide bonds. The van der Waals surface area contributed by atoms with Crippen LogP contribution in [0.15, 0.2) is 18.2 Å². The first kappa shape index (κ1) is 16.7. The van der Waals surface area contributed by atoms with Crippen molar-refractivity contribution in [2.45, 2.75) is 20.1 Å². The zero-order valence-corrected chi connectivity index (χ0v) is 13.6. The van der Waals surface area contributed by atoms with E-state index in [-0.39, 0.29) is 19.1 Å². The van der Waals surface area contributed by atoms with E-state index >= 15 is 0 Å². The van der Waals surface area contributed by atoms with Crippen molar-refractivity contribution in [3.05, 3.63) is 29.3 Å². The predicted octanol–water partition coefficient (Wildman–Crippen LogP) is 0.210. The van der Waals surface area contributed by atoms with Crippen molar-refractivity contribution in [2.24, 2.45) is 11.3 Å². The zero-order chi connectivity index (χ0) is 17.3. The average molecular weight is 334 g/mol. The molecular weight excluding hydrogens is 312 g/mol. The van der Waals surface area contributed by atoms with E-state index in [1.807, 2.05) is 30.0 Å². The molecule has 0 aliphatic carbocycles. The highest BCUT2D eigenvalue weighted by atomic mass is 16.5. The highest BCUT2D eigenvalue weighted by molar-refractivity contribution is 5.92. The van der Waals surface area contributed by atoms with Crippen LogP contribution >= 0.6 is 0 Å². The maximum absolute atomic E-state index is 11.9. The van der Waals surface area contributed by atoms with Crippen LogP contribution in [0, 0.1) is 11.3 Å². The summed E-state index contributed by atoms with van der Waals surface area (Å²) in [5, 5.41) is 21.7. The van der Waals surface area contributed by atoms with Crippen molar-refractivity contribution >= 4 is 11.9 Å². The summed E-state index contributed by atoms with van der Waals surface area (Å²) in [7, 11) is 0. The number of benzene rings is 1. The molecule has 2 saturated heterocycles. The Bertz CT molecular complexity index is 662. The minimum Gasteiger partial charge on any atom is -0.494 e. The Labute approximate surface area is 140 Å². The lowest BCUT2D eigenvalue weighted by Crippen LogP contribution is -2.40. The van der Waals surface area contributed by atoms with E-state index in [1.165, 1.54) is 0 Å². The Morgan fingerprint density at radius 3 is 2.92 bits per heavy atom. The summed E-state index contributed by atoms with van der Waals surface area (Å²) < 4.78 is 5.47. The maximum Gasteiger partial charge on any atom is 0.313 e. The van der Waals surface area contributed by atoms with E-state index in [0.717, 1.165) is 5.56 Å². The second-order valence-corrected chi connectivity index (χ2v) is 6.43. The van der Waals surface area contributed by atoms with Gasteiger partial charge in [0.15, 0.2) is 0 Å². The van der Waals surface area contributed by atoms with Crippen LogP contribution in [0.1, 0.15) is 18.1 Å². The highest BCUT2D eigenvalue weighted by Gasteiger charge is 2.59. The average Bonchev–Trinajstić information content (AvgIpc) is 3.07. The van der Waals surface area contributed by atoms with Crippen LogP contribution in [0.2, 0.25) is 0 Å². The van der Waals surface area contributed by atoms with E-state index in [9.17, 15) is 19.8 Å². The van der Waals surface area contributed by atoms with Gasteiger partial charge in [0, 0.05) is 31.7 Å². The molecular formula is C17H22N2O5. The summed E-state index contributed by atoms with van der Waals surface area (Å²) >= 11 is 0. The number of likely N-dealkylation sites (tertiary alicyclic amines) is 1. The quantitative estimate of drug-likeness (QED) is 0.688. The molecule has 2 fully saturated rings. The first-order valence-electron chi connectivity index (χ1n) is 8.09. The molecule has 0 unspecified atom stereocenters. The second-order valence-electron chi connectivity index (χ2n) is 6.43. The monoisotopic (exact) mass is 334 g/mol. The number of carbonyl (C=O) groups excluding carboxylic acids is 1. The smallest absolute Gasteiger partial charge is 0.313 e. The first-order chi connectivity index (χ1) is 11.5. The van der Waals surface area contributed by atoms with Gasteiger partial charge in [0.05, 0.1) is 19.1 Å². The van der Waals surface area contributed by atoms with Gasteiger partial charge in [-0.05, 0) is 24.6 Å². The molecule has 1 aromatic rings. The maximum atomic E-state index is 11.9. The van der Waals surface area contributed by atoms with Gasteiger partial charge in [-0.3, -0.25) is 14.5 Å². The molecule has 2 aliphatic heterocycles. The van der Waals surface area contributed by atoms with Crippen LogP contribution < -0.4 is 10.1 Å². The summed E-state index contributed by atoms with van der Waals surface area (Å²) in [5.74, 6) is -0.947. The Morgan fingerprint density at radius 1 is 1.50 bits per heavy atom. The number of nitrogens with zero attached hydrogens (tertiary/aromatic N) is 1. The molecule has 0 saturated carbocycles. The third-order valence-corrected chi connectivity index (χ3v) is 4.94. The number of carbonyl (C=O) groups is 2. The molecule has 24 heavy (non-hydrogen) atoms. The molecule has 2 heterocycles. The lowest BCUT2D eigenvalue weighted by Gasteiger charge is -2.22. The summed E-state index contributed by atoms with van der Waals surface area (Å²) in [6.07, 6.45) is 0. The van der Waals surface area contributed by atoms with Gasteiger partial charge in [-0.15, -0.1) is 0 Å². The number of carboxylic acid groups (broad SMARTS) is 1. The van der Waals surface area contributed by atoms with Gasteiger partial charge in [0.1, 0.15) is 11.2 Å². The van der Waals surface area contributed by atoms with Crippen LogP contribution in [0.4, 0.5) is 0 Å². The third kappa shape index (κ3) is 2.74. The molecule has 0 radical (unpaired) electrons. The van der Waals surface area contributed by atoms with Crippen molar-refractivity contribution in [3.8, 4) is 5.75 Å². The van der Waals surface area contributed by atoms with Gasteiger partial charge in [-0.1, -0.05) is 6.07 Å². The number of aliphatic hydroxyl groups is 1. The summed E-state index contributed by atoms with van der Waals surface area (Å²) in [4.78, 5) is 25.6. The Balaban J connectivity index is 1.76. The van der Waals surface area contributed by atoms with Gasteiger partial charge in [0.25, 0.3) is 0 Å². The highest BCUT2D eigenvalue weighted by Crippen LogP contribution is 2.40. The topological polar surface area (TPSA) is 99.1 Å². The number of amides is 1. The Morgan fingerprint density at radius 2 is 2.29 bits per heavy atom. The van der Waals surface area contributed by atoms with Crippen molar-refractivity contribution in [1.82, 2.24) is 10.2 Å². The SMILES string of the molecule is CCOc1ccc(CN2C[C@H]3C(=O)NC[C@@]3(C(=O)O)C2)cc1CO. The molecule has 0 spiro atoms. The van der Waals surface area contributed by atoms with Crippen LogP contribution in [-0.2, 0) is 22.7 Å². The fourth-order valence-corrected chi connectivity index (χ4v) is 3.71. The molecule has 3 N–H and O–H groups in total. The van der Waals surface area contributed by atoms with Gasteiger partial charge in [-0.2, -0.15) is 0 Å². The molecule has 3 rings (SSSR count). The molecule has 130 valence electrons. The first-order valence-corrected chi connectivity index (χ1v) is 8.09. The van der Waals surface area contributed by atoms with Crippen molar-refractivity contribution in [1.29, 1.82) is 0 Å². The second kappa shape index (κ2) is 6.41. The lowest BCUT2D eigenvalue weighted by atomic mass is 9.81. The molecule has 2 atom stereocenters. The molecule has 7 nitrogen and oxygen atoms in total. The van der Waals surface area contributed by atoms with Crippen LogP contribution in [-0.4, -0.2) is 53.2 Å². The number of hydrogen-bond acceptors (Lipinski definition) is 5. The van der Waals surface area contributed by atoms with Crippen molar-refractivity contribution < 1.29 is 24.5 Å². The number of aliphatic carboxylic acids is 1. The van der Waals surface area contributed by atoms with E-state index in [0.29, 0.717) is 37.6 Å². The minimum atomic E-state index is -1.03. The lowest BCUT2D eigenvalue weighted by molar-refractivity contribution is -0.149. The Kier molecular flexibility index (Phi) is 4.47. The fourth-order valence-electron chi connectivity index (χ4n) is 3.71. The van der Waals surface area contributed by atoms with Crippen LogP contribution in [0.5, 0.6) is 5.75 Å². The zero-order valence-electron chi connectivity index (χ0n) is 13.6. The van der Waals surface area contributed by atoms with E-state index < -0.39 is 17.3 Å². The Hall–Kier alpha value is -2.12. The number of fused-ring (bicyclic) bond motifs is 1. The standard InChI is InChI=1S/C17H22N2O5/c1-2-24-14-4-3-11(5-12(14)8-20)6-19-7-13-15(21)18-9-17(13,10-19)16(22)23/h3-5,13,20H,2,6-10H2,1H3,(H,18,21)(H,22,23)/t13-,17+/m0/s1. The van der Waals surface area contributed by atoms with Gasteiger partial charge >= 0.3 is 5.97 Å². The number of rotatable bonds is 6. The number of nitrogens with one attached hydrogen (secondary N) is 1. The third-order valence-electron chi connectivity index (χ3n) is 4.94. The van der Waals surface area contributed by atoms with Gasteiger partial charge < -0.3 is 20.3 Å². The molecule has 2 aliphatic rings. The van der Waals surface area contributed by atoms with Crippen LogP contribution in [0.25, 0.3) is 0 Å². The number of carboxylic acids is 1. The van der Waals surface area contributed by atoms with Crippen molar-refractivity contribution in [3.63, 3.8) is 0 Å². The van der Waals surface area contributed by atoms with Gasteiger partial charge in [-0.25, -0.2) is 0 Å². The largest absolute Gasteiger partial charge is 0.494 e. The number of aliphatic hydroxyl groups excluding tert-OH is 1. The predicted molar refractivity (Wildman–Crippen MR) is 85.4 cm³/mol. The van der Waals surface area contributed by atoms with E-state index in [4.69, 9.17) is 4.74 Å². The van der Waals surface area contributed by atoms with Crippen LogP contribution in [0.3, 0.4) is 0 Å².